The van der Waals surface area contributed by atoms with Gasteiger partial charge in [0.15, 0.2) is 0 Å². The van der Waals surface area contributed by atoms with Gasteiger partial charge in [-0.25, -0.2) is 4.98 Å². The van der Waals surface area contributed by atoms with Crippen molar-refractivity contribution in [3.05, 3.63) is 22.8 Å². The molecule has 1 unspecified atom stereocenters. The Hall–Kier alpha value is -1.29. The second-order valence-corrected chi connectivity index (χ2v) is 5.02. The summed E-state index contributed by atoms with van der Waals surface area (Å²) in [6.07, 6.45) is 2.00. The van der Waals surface area contributed by atoms with Crippen molar-refractivity contribution < 1.29 is 4.79 Å². The van der Waals surface area contributed by atoms with Crippen LogP contribution in [0.2, 0.25) is 5.02 Å². The third-order valence-corrected chi connectivity index (χ3v) is 3.40. The summed E-state index contributed by atoms with van der Waals surface area (Å²) in [6.45, 7) is 6.87. The molecule has 0 bridgehead atoms. The number of anilines is 1. The molecular formula is C14H22ClN3O. The molecule has 0 saturated heterocycles. The first-order valence-electron chi connectivity index (χ1n) is 6.68. The Bertz CT molecular complexity index is 437. The minimum Gasteiger partial charge on any atom is -0.370 e. The Morgan fingerprint density at radius 3 is 2.74 bits per heavy atom. The van der Waals surface area contributed by atoms with Gasteiger partial charge in [-0.1, -0.05) is 24.9 Å². The summed E-state index contributed by atoms with van der Waals surface area (Å²) in [5.74, 6) is 0.539. The molecule has 1 amide bonds. The number of carbonyl (C=O) groups is 1. The summed E-state index contributed by atoms with van der Waals surface area (Å²) in [4.78, 5) is 18.4. The average molecular weight is 284 g/mol. The predicted octanol–water partition coefficient (Wildman–Crippen LogP) is 3.43. The first-order valence-corrected chi connectivity index (χ1v) is 7.06. The van der Waals surface area contributed by atoms with Gasteiger partial charge in [0.25, 0.3) is 5.91 Å². The fourth-order valence-electron chi connectivity index (χ4n) is 1.85. The third kappa shape index (κ3) is 4.10. The lowest BCUT2D eigenvalue weighted by Crippen LogP contribution is -2.35. The van der Waals surface area contributed by atoms with Crippen LogP contribution in [0, 0.1) is 0 Å². The minimum atomic E-state index is -0.134. The van der Waals surface area contributed by atoms with Gasteiger partial charge in [0.05, 0.1) is 5.02 Å². The number of halogens is 1. The zero-order valence-electron chi connectivity index (χ0n) is 12.0. The van der Waals surface area contributed by atoms with Gasteiger partial charge in [-0.15, -0.1) is 0 Å². The molecule has 0 aliphatic heterocycles. The summed E-state index contributed by atoms with van der Waals surface area (Å²) < 4.78 is 0. The van der Waals surface area contributed by atoms with E-state index in [0.29, 0.717) is 16.5 Å². The number of nitrogens with one attached hydrogen (secondary N) is 1. The number of hydrogen-bond acceptors (Lipinski definition) is 3. The maximum absolute atomic E-state index is 12.4. The van der Waals surface area contributed by atoms with E-state index >= 15 is 0 Å². The molecule has 1 rings (SSSR count). The van der Waals surface area contributed by atoms with E-state index in [1.165, 1.54) is 0 Å². The Kier molecular flexibility index (Phi) is 6.09. The van der Waals surface area contributed by atoms with Gasteiger partial charge < -0.3 is 10.2 Å². The second-order valence-electron chi connectivity index (χ2n) is 4.61. The summed E-state index contributed by atoms with van der Waals surface area (Å²) in [6, 6.07) is 3.66. The van der Waals surface area contributed by atoms with Crippen LogP contribution in [0.4, 0.5) is 5.82 Å². The van der Waals surface area contributed by atoms with Crippen LogP contribution in [-0.2, 0) is 0 Å². The fourth-order valence-corrected chi connectivity index (χ4v) is 2.04. The molecule has 1 heterocycles. The lowest BCUT2D eigenvalue weighted by Gasteiger charge is -2.24. The highest BCUT2D eigenvalue weighted by Crippen LogP contribution is 2.19. The van der Waals surface area contributed by atoms with E-state index in [9.17, 15) is 4.79 Å². The molecule has 0 spiro atoms. The molecule has 0 aliphatic rings. The Balaban J connectivity index is 2.94. The molecule has 5 heteroatoms. The highest BCUT2D eigenvalue weighted by Gasteiger charge is 2.21. The van der Waals surface area contributed by atoms with Crippen LogP contribution in [-0.4, -0.2) is 35.4 Å². The van der Waals surface area contributed by atoms with Gasteiger partial charge >= 0.3 is 0 Å². The average Bonchev–Trinajstić information content (AvgIpc) is 2.40. The molecule has 0 radical (unpaired) electrons. The molecular weight excluding hydrogens is 262 g/mol. The maximum Gasteiger partial charge on any atom is 0.274 e. The Labute approximate surface area is 120 Å². The highest BCUT2D eigenvalue weighted by molar-refractivity contribution is 6.33. The van der Waals surface area contributed by atoms with Crippen molar-refractivity contribution in [1.29, 1.82) is 0 Å². The van der Waals surface area contributed by atoms with Crippen molar-refractivity contribution in [2.75, 3.05) is 18.9 Å². The van der Waals surface area contributed by atoms with Crippen molar-refractivity contribution in [2.24, 2.45) is 0 Å². The number of aromatic nitrogens is 1. The molecule has 1 aromatic rings. The molecule has 19 heavy (non-hydrogen) atoms. The van der Waals surface area contributed by atoms with Crippen molar-refractivity contribution in [3.63, 3.8) is 0 Å². The SMILES string of the molecule is CCCC(C)N(C)C(=O)c1nc(NCC)ccc1Cl. The third-order valence-electron chi connectivity index (χ3n) is 3.09. The van der Waals surface area contributed by atoms with Crippen molar-refractivity contribution in [1.82, 2.24) is 9.88 Å². The van der Waals surface area contributed by atoms with Gasteiger partial charge in [-0.2, -0.15) is 0 Å². The first kappa shape index (κ1) is 15.8. The van der Waals surface area contributed by atoms with Crippen LogP contribution >= 0.6 is 11.6 Å². The number of carbonyl (C=O) groups excluding carboxylic acids is 1. The summed E-state index contributed by atoms with van der Waals surface area (Å²) in [5, 5.41) is 3.47. The van der Waals surface area contributed by atoms with Gasteiger partial charge in [-0.3, -0.25) is 4.79 Å². The van der Waals surface area contributed by atoms with Crippen molar-refractivity contribution in [3.8, 4) is 0 Å². The second kappa shape index (κ2) is 7.34. The summed E-state index contributed by atoms with van der Waals surface area (Å²) in [5.41, 5.74) is 0.311. The summed E-state index contributed by atoms with van der Waals surface area (Å²) >= 11 is 6.08. The number of nitrogens with zero attached hydrogens (tertiary/aromatic N) is 2. The van der Waals surface area contributed by atoms with Gasteiger partial charge in [0, 0.05) is 19.6 Å². The van der Waals surface area contributed by atoms with Crippen LogP contribution < -0.4 is 5.32 Å². The zero-order chi connectivity index (χ0) is 14.4. The van der Waals surface area contributed by atoms with Crippen molar-refractivity contribution in [2.45, 2.75) is 39.7 Å². The van der Waals surface area contributed by atoms with Crippen LogP contribution in [0.3, 0.4) is 0 Å². The standard InChI is InChI=1S/C14H22ClN3O/c1-5-7-10(3)18(4)14(19)13-11(15)8-9-12(17-13)16-6-2/h8-10H,5-7H2,1-4H3,(H,16,17). The van der Waals surface area contributed by atoms with Gasteiger partial charge in [0.2, 0.25) is 0 Å². The van der Waals surface area contributed by atoms with Crippen molar-refractivity contribution >= 4 is 23.3 Å². The molecule has 0 aliphatic carbocycles. The van der Waals surface area contributed by atoms with Crippen LogP contribution in [0.25, 0.3) is 0 Å². The number of pyridine rings is 1. The Morgan fingerprint density at radius 1 is 1.47 bits per heavy atom. The van der Waals surface area contributed by atoms with Crippen LogP contribution in [0.5, 0.6) is 0 Å². The zero-order valence-corrected chi connectivity index (χ0v) is 12.8. The van der Waals surface area contributed by atoms with E-state index in [2.05, 4.69) is 17.2 Å². The molecule has 0 fully saturated rings. The summed E-state index contributed by atoms with van der Waals surface area (Å²) in [7, 11) is 1.79. The monoisotopic (exact) mass is 283 g/mol. The van der Waals surface area contributed by atoms with E-state index < -0.39 is 0 Å². The molecule has 1 N–H and O–H groups in total. The van der Waals surface area contributed by atoms with Crippen LogP contribution in [0.1, 0.15) is 44.1 Å². The lowest BCUT2D eigenvalue weighted by atomic mass is 10.1. The predicted molar refractivity (Wildman–Crippen MR) is 79.9 cm³/mol. The fraction of sp³-hybridized carbons (Fsp3) is 0.571. The quantitative estimate of drug-likeness (QED) is 0.870. The van der Waals surface area contributed by atoms with E-state index in [-0.39, 0.29) is 11.9 Å². The smallest absolute Gasteiger partial charge is 0.274 e. The molecule has 0 saturated carbocycles. The molecule has 4 nitrogen and oxygen atoms in total. The van der Waals surface area contributed by atoms with Gasteiger partial charge in [0.1, 0.15) is 11.5 Å². The lowest BCUT2D eigenvalue weighted by molar-refractivity contribution is 0.0731. The molecule has 0 aromatic carbocycles. The molecule has 1 atom stereocenters. The largest absolute Gasteiger partial charge is 0.370 e. The molecule has 1 aromatic heterocycles. The van der Waals surface area contributed by atoms with E-state index in [1.54, 1.807) is 24.1 Å². The van der Waals surface area contributed by atoms with E-state index in [4.69, 9.17) is 11.6 Å². The van der Waals surface area contributed by atoms with Crippen LogP contribution in [0.15, 0.2) is 12.1 Å². The molecule has 106 valence electrons. The number of hydrogen-bond donors (Lipinski definition) is 1. The maximum atomic E-state index is 12.4. The van der Waals surface area contributed by atoms with E-state index in [0.717, 1.165) is 19.4 Å². The minimum absolute atomic E-state index is 0.134. The number of rotatable bonds is 6. The Morgan fingerprint density at radius 2 is 2.16 bits per heavy atom. The van der Waals surface area contributed by atoms with E-state index in [1.807, 2.05) is 13.8 Å². The first-order chi connectivity index (χ1) is 9.01. The topological polar surface area (TPSA) is 45.2 Å². The highest BCUT2D eigenvalue weighted by atomic mass is 35.5. The normalized spacial score (nSPS) is 12.1. The van der Waals surface area contributed by atoms with Gasteiger partial charge in [-0.05, 0) is 32.4 Å². The number of amides is 1.